The van der Waals surface area contributed by atoms with Crippen molar-refractivity contribution in [3.63, 3.8) is 0 Å². The summed E-state index contributed by atoms with van der Waals surface area (Å²) in [6.45, 7) is 0.389. The molecular weight excluding hydrogens is 292 g/mol. The van der Waals surface area contributed by atoms with Crippen LogP contribution in [0, 0.1) is 0 Å². The van der Waals surface area contributed by atoms with E-state index in [-0.39, 0.29) is 36.8 Å². The van der Waals surface area contributed by atoms with Crippen LogP contribution in [0.25, 0.3) is 0 Å². The first-order valence-corrected chi connectivity index (χ1v) is 6.99. The fraction of sp³-hybridized carbons (Fsp3) is 0.364. The molecule has 1 aromatic rings. The molecule has 0 bridgehead atoms. The highest BCUT2D eigenvalue weighted by Crippen LogP contribution is 2.13. The molecule has 0 amide bonds. The number of ether oxygens (including phenoxy) is 1. The molecule has 1 aromatic carbocycles. The highest BCUT2D eigenvalue weighted by atomic mass is 35.5. The van der Waals surface area contributed by atoms with Gasteiger partial charge in [0.25, 0.3) is 0 Å². The molecule has 0 spiro atoms. The molecule has 0 aliphatic rings. The van der Waals surface area contributed by atoms with Crippen molar-refractivity contribution in [2.45, 2.75) is 5.75 Å². The quantitative estimate of drug-likeness (QED) is 0.735. The Kier molecular flexibility index (Phi) is 7.62. The minimum atomic E-state index is -3.50. The maximum atomic E-state index is 11.7. The lowest BCUT2D eigenvalue weighted by Gasteiger charge is -2.09. The van der Waals surface area contributed by atoms with E-state index >= 15 is 0 Å². The third-order valence-corrected chi connectivity index (χ3v) is 3.57. The number of benzene rings is 1. The molecule has 0 aliphatic heterocycles. The molecule has 0 aliphatic carbocycles. The Morgan fingerprint density at radius 2 is 2.00 bits per heavy atom. The Morgan fingerprint density at radius 1 is 1.37 bits per heavy atom. The van der Waals surface area contributed by atoms with Gasteiger partial charge in [0.05, 0.1) is 18.4 Å². The van der Waals surface area contributed by atoms with Crippen LogP contribution in [-0.4, -0.2) is 34.6 Å². The van der Waals surface area contributed by atoms with Gasteiger partial charge in [-0.2, -0.15) is 0 Å². The van der Waals surface area contributed by atoms with E-state index in [9.17, 15) is 13.2 Å². The zero-order valence-corrected chi connectivity index (χ0v) is 12.1. The van der Waals surface area contributed by atoms with E-state index in [1.165, 1.54) is 13.2 Å². The summed E-state index contributed by atoms with van der Waals surface area (Å²) in [6.07, 6.45) is 0. The summed E-state index contributed by atoms with van der Waals surface area (Å²) in [6, 6.07) is 6.42. The van der Waals surface area contributed by atoms with Crippen molar-refractivity contribution >= 4 is 28.4 Å². The largest absolute Gasteiger partial charge is 0.465 e. The Balaban J connectivity index is 0.00000324. The predicted octanol–water partition coefficient (Wildman–Crippen LogP) is 0.273. The van der Waals surface area contributed by atoms with Gasteiger partial charge in [0.15, 0.2) is 0 Å². The number of hydrogen-bond donors (Lipinski definition) is 2. The average Bonchev–Trinajstić information content (AvgIpc) is 2.36. The summed E-state index contributed by atoms with van der Waals surface area (Å²) in [5.74, 6) is -0.835. The first-order chi connectivity index (χ1) is 8.50. The van der Waals surface area contributed by atoms with Crippen LogP contribution in [0.5, 0.6) is 0 Å². The fourth-order valence-corrected chi connectivity index (χ4v) is 2.62. The molecule has 0 aromatic heterocycles. The fourth-order valence-electron chi connectivity index (χ4n) is 1.43. The smallest absolute Gasteiger partial charge is 0.338 e. The number of halogens is 1. The summed E-state index contributed by atoms with van der Waals surface area (Å²) >= 11 is 0. The van der Waals surface area contributed by atoms with Gasteiger partial charge in [-0.05, 0) is 11.6 Å². The minimum absolute atomic E-state index is 0. The van der Waals surface area contributed by atoms with Gasteiger partial charge in [0, 0.05) is 13.1 Å². The second-order valence-electron chi connectivity index (χ2n) is 3.59. The second-order valence-corrected chi connectivity index (χ2v) is 5.40. The van der Waals surface area contributed by atoms with Crippen molar-refractivity contribution in [1.82, 2.24) is 4.72 Å². The van der Waals surface area contributed by atoms with E-state index in [2.05, 4.69) is 9.46 Å². The average molecular weight is 309 g/mol. The van der Waals surface area contributed by atoms with E-state index in [0.717, 1.165) is 0 Å². The number of hydrogen-bond acceptors (Lipinski definition) is 5. The van der Waals surface area contributed by atoms with Crippen LogP contribution in [0.1, 0.15) is 15.9 Å². The van der Waals surface area contributed by atoms with Crippen LogP contribution in [0.3, 0.4) is 0 Å². The summed E-state index contributed by atoms with van der Waals surface area (Å²) in [5.41, 5.74) is 5.87. The Bertz CT molecular complexity index is 519. The molecular formula is C11H17ClN2O4S. The van der Waals surface area contributed by atoms with Crippen molar-refractivity contribution in [3.8, 4) is 0 Å². The van der Waals surface area contributed by atoms with Crippen LogP contribution in [0.2, 0.25) is 0 Å². The standard InChI is InChI=1S/C11H16N2O4S.ClH/c1-17-11(14)10-5-3-2-4-9(10)8-18(15,16)13-7-6-12;/h2-5,13H,6-8,12H2,1H3;1H. The molecule has 8 heteroatoms. The zero-order chi connectivity index (χ0) is 13.6. The molecule has 0 atom stereocenters. The molecule has 0 saturated heterocycles. The Hall–Kier alpha value is -1.15. The summed E-state index contributed by atoms with van der Waals surface area (Å²) in [7, 11) is -2.25. The van der Waals surface area contributed by atoms with E-state index in [4.69, 9.17) is 5.73 Å². The van der Waals surface area contributed by atoms with Crippen LogP contribution in [0.15, 0.2) is 24.3 Å². The van der Waals surface area contributed by atoms with E-state index in [1.807, 2.05) is 0 Å². The second kappa shape index (κ2) is 8.11. The lowest BCUT2D eigenvalue weighted by atomic mass is 10.1. The molecule has 1 rings (SSSR count). The van der Waals surface area contributed by atoms with Gasteiger partial charge >= 0.3 is 5.97 Å². The van der Waals surface area contributed by atoms with Gasteiger partial charge in [-0.15, -0.1) is 12.4 Å². The van der Waals surface area contributed by atoms with E-state index < -0.39 is 16.0 Å². The van der Waals surface area contributed by atoms with Crippen LogP contribution >= 0.6 is 12.4 Å². The normalized spacial score (nSPS) is 10.6. The first-order valence-electron chi connectivity index (χ1n) is 5.34. The first kappa shape index (κ1) is 17.8. The zero-order valence-electron chi connectivity index (χ0n) is 10.5. The molecule has 0 heterocycles. The highest BCUT2D eigenvalue weighted by Gasteiger charge is 2.17. The van der Waals surface area contributed by atoms with Gasteiger partial charge in [-0.25, -0.2) is 17.9 Å². The molecule has 108 valence electrons. The third-order valence-electron chi connectivity index (χ3n) is 2.23. The molecule has 19 heavy (non-hydrogen) atoms. The topological polar surface area (TPSA) is 98.5 Å². The number of nitrogens with two attached hydrogens (primary N) is 1. The van der Waals surface area contributed by atoms with Crippen molar-refractivity contribution in [2.24, 2.45) is 5.73 Å². The molecule has 6 nitrogen and oxygen atoms in total. The van der Waals surface area contributed by atoms with Crippen molar-refractivity contribution in [3.05, 3.63) is 35.4 Å². The minimum Gasteiger partial charge on any atom is -0.465 e. The lowest BCUT2D eigenvalue weighted by Crippen LogP contribution is -2.30. The van der Waals surface area contributed by atoms with Crippen LogP contribution in [0.4, 0.5) is 0 Å². The molecule has 3 N–H and O–H groups in total. The summed E-state index contributed by atoms with van der Waals surface area (Å²) in [5, 5.41) is 0. The molecule has 0 unspecified atom stereocenters. The lowest BCUT2D eigenvalue weighted by molar-refractivity contribution is 0.0600. The number of methoxy groups -OCH3 is 1. The highest BCUT2D eigenvalue weighted by molar-refractivity contribution is 7.88. The van der Waals surface area contributed by atoms with Gasteiger partial charge in [-0.3, -0.25) is 0 Å². The number of carbonyl (C=O) groups excluding carboxylic acids is 1. The Labute approximate surface area is 118 Å². The van der Waals surface area contributed by atoms with Crippen LogP contribution < -0.4 is 10.5 Å². The van der Waals surface area contributed by atoms with Crippen molar-refractivity contribution < 1.29 is 17.9 Å². The van der Waals surface area contributed by atoms with Gasteiger partial charge in [-0.1, -0.05) is 18.2 Å². The number of sulfonamides is 1. The molecule has 0 radical (unpaired) electrons. The maximum absolute atomic E-state index is 11.7. The summed E-state index contributed by atoms with van der Waals surface area (Å²) in [4.78, 5) is 11.5. The van der Waals surface area contributed by atoms with Gasteiger partial charge < -0.3 is 10.5 Å². The monoisotopic (exact) mass is 308 g/mol. The number of rotatable bonds is 6. The molecule has 0 fully saturated rings. The third kappa shape index (κ3) is 5.56. The van der Waals surface area contributed by atoms with Crippen LogP contribution in [-0.2, 0) is 20.5 Å². The SMILES string of the molecule is COC(=O)c1ccccc1CS(=O)(=O)NCCN.Cl. The maximum Gasteiger partial charge on any atom is 0.338 e. The van der Waals surface area contributed by atoms with Gasteiger partial charge in [0.2, 0.25) is 10.0 Å². The van der Waals surface area contributed by atoms with Crippen molar-refractivity contribution in [1.29, 1.82) is 0 Å². The molecule has 0 saturated carbocycles. The van der Waals surface area contributed by atoms with Crippen molar-refractivity contribution in [2.75, 3.05) is 20.2 Å². The predicted molar refractivity (Wildman–Crippen MR) is 74.7 cm³/mol. The number of esters is 1. The van der Waals surface area contributed by atoms with E-state index in [1.54, 1.807) is 18.2 Å². The van der Waals surface area contributed by atoms with Gasteiger partial charge in [0.1, 0.15) is 0 Å². The number of nitrogens with one attached hydrogen (secondary N) is 1. The summed E-state index contributed by atoms with van der Waals surface area (Å²) < 4.78 is 30.3. The van der Waals surface area contributed by atoms with E-state index in [0.29, 0.717) is 5.56 Å². The Morgan fingerprint density at radius 3 is 2.58 bits per heavy atom. The number of carbonyl (C=O) groups is 1.